The molecule has 0 spiro atoms. The summed E-state index contributed by atoms with van der Waals surface area (Å²) in [7, 11) is 0. The van der Waals surface area contributed by atoms with Crippen LogP contribution in [0.25, 0.3) is 11.1 Å². The highest BCUT2D eigenvalue weighted by Crippen LogP contribution is 2.29. The molecule has 0 radical (unpaired) electrons. The number of hydrogen-bond acceptors (Lipinski definition) is 6. The van der Waals surface area contributed by atoms with E-state index in [1.165, 1.54) is 11.8 Å². The molecule has 1 unspecified atom stereocenters. The molecule has 3 aromatic rings. The predicted octanol–water partition coefficient (Wildman–Crippen LogP) is 5.13. The van der Waals surface area contributed by atoms with Crippen LogP contribution in [-0.2, 0) is 0 Å². The third kappa shape index (κ3) is 4.52. The fourth-order valence-corrected chi connectivity index (χ4v) is 4.08. The molecule has 1 atom stereocenters. The first kappa shape index (κ1) is 21.8. The quantitative estimate of drug-likeness (QED) is 0.407. The summed E-state index contributed by atoms with van der Waals surface area (Å²) in [5.41, 5.74) is 5.33. The van der Waals surface area contributed by atoms with E-state index >= 15 is 0 Å². The number of nitrogens with zero attached hydrogens (tertiary/aromatic N) is 3. The molecule has 6 rings (SSSR count). The number of carbonyl (C=O) groups excluding carboxylic acids is 1. The van der Waals surface area contributed by atoms with Crippen LogP contribution in [0.2, 0.25) is 0 Å². The highest BCUT2D eigenvalue weighted by atomic mass is 19.1. The van der Waals surface area contributed by atoms with Crippen LogP contribution in [0.3, 0.4) is 0 Å². The number of rotatable bonds is 0. The molecule has 8 bridgehead atoms. The number of aromatic nitrogens is 3. The van der Waals surface area contributed by atoms with E-state index in [4.69, 9.17) is 0 Å². The maximum atomic E-state index is 14.5. The van der Waals surface area contributed by atoms with E-state index in [-0.39, 0.29) is 17.5 Å². The number of anilines is 3. The number of halogens is 1. The van der Waals surface area contributed by atoms with Gasteiger partial charge in [-0.1, -0.05) is 30.7 Å². The molecule has 172 valence electrons. The molecule has 1 aromatic carbocycles. The normalized spacial score (nSPS) is 17.7. The maximum Gasteiger partial charge on any atom is 0.251 e. The monoisotopic (exact) mass is 456 g/mol. The molecule has 7 nitrogen and oxygen atoms in total. The van der Waals surface area contributed by atoms with Gasteiger partial charge in [0, 0.05) is 41.3 Å². The Morgan fingerprint density at radius 1 is 1.03 bits per heavy atom. The lowest BCUT2D eigenvalue weighted by Crippen LogP contribution is -2.25. The minimum absolute atomic E-state index is 0.121. The fraction of sp³-hybridized carbons (Fsp3) is 0.231. The van der Waals surface area contributed by atoms with E-state index in [0.29, 0.717) is 29.4 Å². The van der Waals surface area contributed by atoms with Gasteiger partial charge in [0.25, 0.3) is 5.91 Å². The van der Waals surface area contributed by atoms with Crippen LogP contribution < -0.4 is 16.0 Å². The first-order chi connectivity index (χ1) is 16.5. The summed E-state index contributed by atoms with van der Waals surface area (Å²) < 4.78 is 14.5. The number of fused-ring (bicyclic) bond motifs is 5. The Morgan fingerprint density at radius 2 is 1.82 bits per heavy atom. The van der Waals surface area contributed by atoms with E-state index in [2.05, 4.69) is 50.0 Å². The van der Waals surface area contributed by atoms with Crippen molar-refractivity contribution >= 4 is 23.4 Å². The summed E-state index contributed by atoms with van der Waals surface area (Å²) >= 11 is 0. The molecule has 0 fully saturated rings. The highest BCUT2D eigenvalue weighted by molar-refractivity contribution is 5.94. The average molecular weight is 457 g/mol. The number of allylic oxidation sites excluding steroid dienone is 2. The predicted molar refractivity (Wildman–Crippen MR) is 130 cm³/mol. The second kappa shape index (κ2) is 9.05. The summed E-state index contributed by atoms with van der Waals surface area (Å²) in [6, 6.07) is 8.84. The van der Waals surface area contributed by atoms with Crippen molar-refractivity contribution in [3.05, 3.63) is 83.2 Å². The van der Waals surface area contributed by atoms with Crippen molar-refractivity contribution in [2.45, 2.75) is 26.7 Å². The number of nitrogens with one attached hydrogen (secondary N) is 3. The van der Waals surface area contributed by atoms with Gasteiger partial charge in [-0.2, -0.15) is 9.37 Å². The van der Waals surface area contributed by atoms with Crippen molar-refractivity contribution in [2.75, 3.05) is 17.2 Å². The first-order valence-electron chi connectivity index (χ1n) is 11.3. The molecule has 1 amide bonds. The molecule has 0 saturated heterocycles. The van der Waals surface area contributed by atoms with Crippen molar-refractivity contribution in [1.82, 2.24) is 20.3 Å². The second-order valence-corrected chi connectivity index (χ2v) is 8.64. The molecule has 1 aliphatic carbocycles. The molecule has 3 N–H and O–H groups in total. The van der Waals surface area contributed by atoms with Crippen molar-refractivity contribution in [3.63, 3.8) is 0 Å². The van der Waals surface area contributed by atoms with Gasteiger partial charge in [0.2, 0.25) is 11.9 Å². The standard InChI is InChI=1S/C26H25FN6O/c1-15-3-8-21-11-19(15)9-10-28-25(34)18-6-4-17(5-7-18)20-12-22(23(27)29-14-20)32-26-30-13-16(2)24(31-21)33-26/h4-8,11-15H,3,9-10H2,1-2H3,(H,28,34)(H2,30,31,32,33). The van der Waals surface area contributed by atoms with Crippen molar-refractivity contribution < 1.29 is 9.18 Å². The van der Waals surface area contributed by atoms with E-state index in [0.717, 1.165) is 29.7 Å². The van der Waals surface area contributed by atoms with Gasteiger partial charge in [-0.3, -0.25) is 4.79 Å². The van der Waals surface area contributed by atoms with Gasteiger partial charge in [0.1, 0.15) is 5.82 Å². The Kier molecular flexibility index (Phi) is 5.79. The average Bonchev–Trinajstić information content (AvgIpc) is 2.84. The lowest BCUT2D eigenvalue weighted by molar-refractivity contribution is 0.0954. The third-order valence-electron chi connectivity index (χ3n) is 6.16. The van der Waals surface area contributed by atoms with Crippen molar-refractivity contribution in [3.8, 4) is 11.1 Å². The van der Waals surface area contributed by atoms with Crippen LogP contribution in [0.1, 0.15) is 35.7 Å². The zero-order valence-electron chi connectivity index (χ0n) is 19.0. The zero-order chi connectivity index (χ0) is 23.7. The van der Waals surface area contributed by atoms with Crippen LogP contribution in [0.15, 0.2) is 66.1 Å². The number of aryl methyl sites for hydroxylation is 1. The second-order valence-electron chi connectivity index (χ2n) is 8.64. The number of carbonyl (C=O) groups is 1. The lowest BCUT2D eigenvalue weighted by atomic mass is 9.89. The Balaban J connectivity index is 1.56. The smallest absolute Gasteiger partial charge is 0.251 e. The molecule has 8 heteroatoms. The Hall–Kier alpha value is -4.07. The summed E-state index contributed by atoms with van der Waals surface area (Å²) in [5.74, 6) is 0.522. The van der Waals surface area contributed by atoms with Crippen LogP contribution in [0.4, 0.5) is 21.8 Å². The van der Waals surface area contributed by atoms with E-state index < -0.39 is 5.95 Å². The van der Waals surface area contributed by atoms with Gasteiger partial charge in [-0.05, 0) is 55.5 Å². The highest BCUT2D eigenvalue weighted by Gasteiger charge is 2.17. The lowest BCUT2D eigenvalue weighted by Gasteiger charge is -2.22. The third-order valence-corrected chi connectivity index (χ3v) is 6.16. The van der Waals surface area contributed by atoms with Gasteiger partial charge >= 0.3 is 0 Å². The first-order valence-corrected chi connectivity index (χ1v) is 11.3. The molecule has 3 aliphatic rings. The van der Waals surface area contributed by atoms with E-state index in [1.54, 1.807) is 24.4 Å². The Labute approximate surface area is 197 Å². The molecule has 2 aliphatic heterocycles. The largest absolute Gasteiger partial charge is 0.352 e. The maximum absolute atomic E-state index is 14.5. The Bertz CT molecular complexity index is 1320. The molecule has 34 heavy (non-hydrogen) atoms. The fourth-order valence-electron chi connectivity index (χ4n) is 4.08. The summed E-state index contributed by atoms with van der Waals surface area (Å²) in [6.45, 7) is 4.65. The minimum Gasteiger partial charge on any atom is -0.352 e. The van der Waals surface area contributed by atoms with Crippen LogP contribution in [0.5, 0.6) is 0 Å². The van der Waals surface area contributed by atoms with Gasteiger partial charge < -0.3 is 16.0 Å². The topological polar surface area (TPSA) is 91.8 Å². The molecular weight excluding hydrogens is 431 g/mol. The van der Waals surface area contributed by atoms with Gasteiger partial charge in [0.15, 0.2) is 0 Å². The minimum atomic E-state index is -0.652. The van der Waals surface area contributed by atoms with Crippen LogP contribution in [-0.4, -0.2) is 27.4 Å². The number of pyridine rings is 1. The number of amides is 1. The van der Waals surface area contributed by atoms with Crippen molar-refractivity contribution in [1.29, 1.82) is 0 Å². The van der Waals surface area contributed by atoms with Gasteiger partial charge in [-0.15, -0.1) is 0 Å². The van der Waals surface area contributed by atoms with Gasteiger partial charge in [0.05, 0.1) is 5.69 Å². The Morgan fingerprint density at radius 3 is 2.65 bits per heavy atom. The van der Waals surface area contributed by atoms with E-state index in [9.17, 15) is 9.18 Å². The van der Waals surface area contributed by atoms with Crippen LogP contribution in [0, 0.1) is 18.8 Å². The molecule has 2 aromatic heterocycles. The number of hydrogen-bond donors (Lipinski definition) is 3. The summed E-state index contributed by atoms with van der Waals surface area (Å²) in [5, 5.41) is 9.34. The van der Waals surface area contributed by atoms with Gasteiger partial charge in [-0.25, -0.2) is 9.97 Å². The number of benzene rings is 1. The van der Waals surface area contributed by atoms with Crippen molar-refractivity contribution in [2.24, 2.45) is 5.92 Å². The molecule has 0 saturated carbocycles. The van der Waals surface area contributed by atoms with E-state index in [1.807, 2.05) is 19.1 Å². The molecular formula is C26H25FN6O. The SMILES string of the molecule is Cc1cnc2nc1NC1=CCC(C)C(=C1)CCNC(=O)c1ccc(cc1)-c1cnc(F)c(c1)N2. The zero-order valence-corrected chi connectivity index (χ0v) is 19.0. The summed E-state index contributed by atoms with van der Waals surface area (Å²) in [4.78, 5) is 25.4. The summed E-state index contributed by atoms with van der Waals surface area (Å²) in [6.07, 6.45) is 9.06. The molecule has 4 heterocycles. The van der Waals surface area contributed by atoms with Crippen LogP contribution >= 0.6 is 0 Å².